The van der Waals surface area contributed by atoms with Gasteiger partial charge >= 0.3 is 17.9 Å². The van der Waals surface area contributed by atoms with Gasteiger partial charge in [-0.25, -0.2) is 19.4 Å². The second-order valence-corrected chi connectivity index (χ2v) is 4.84. The second-order valence-electron chi connectivity index (χ2n) is 4.84. The molecule has 0 bridgehead atoms. The van der Waals surface area contributed by atoms with Crippen LogP contribution in [0.3, 0.4) is 0 Å². The number of benzene rings is 2. The largest absolute Gasteiger partial charge is 0.478 e. The monoisotopic (exact) mass is 311 g/mol. The Balaban J connectivity index is 2.58. The number of hydrogen-bond acceptors (Lipinski definition) is 4. The number of hydrogen-bond donors (Lipinski definition) is 3. The molecule has 23 heavy (non-hydrogen) atoms. The van der Waals surface area contributed by atoms with Crippen LogP contribution in [0.25, 0.3) is 21.8 Å². The zero-order valence-electron chi connectivity index (χ0n) is 11.5. The Morgan fingerprint density at radius 1 is 0.783 bits per heavy atom. The molecule has 0 spiro atoms. The highest BCUT2D eigenvalue weighted by molar-refractivity contribution is 6.17. The SMILES string of the molecule is O=C(O)c1cc2nc3ccccc3cc2c(C(=O)O)c1C(=O)O. The molecule has 1 aromatic heterocycles. The molecule has 0 saturated carbocycles. The summed E-state index contributed by atoms with van der Waals surface area (Å²) in [4.78, 5) is 38.5. The Hall–Kier alpha value is -3.48. The molecule has 0 amide bonds. The van der Waals surface area contributed by atoms with E-state index in [2.05, 4.69) is 4.98 Å². The molecule has 0 atom stereocenters. The predicted molar refractivity (Wildman–Crippen MR) is 80.1 cm³/mol. The van der Waals surface area contributed by atoms with Gasteiger partial charge in [0.05, 0.1) is 27.7 Å². The van der Waals surface area contributed by atoms with Crippen molar-refractivity contribution in [3.8, 4) is 0 Å². The Morgan fingerprint density at radius 2 is 1.43 bits per heavy atom. The maximum absolute atomic E-state index is 11.6. The number of nitrogens with zero attached hydrogens (tertiary/aromatic N) is 1. The number of carboxylic acid groups (broad SMARTS) is 3. The summed E-state index contributed by atoms with van der Waals surface area (Å²) in [6.07, 6.45) is 0. The van der Waals surface area contributed by atoms with Gasteiger partial charge in [0.15, 0.2) is 0 Å². The summed E-state index contributed by atoms with van der Waals surface area (Å²) >= 11 is 0. The third-order valence-electron chi connectivity index (χ3n) is 3.48. The van der Waals surface area contributed by atoms with E-state index in [0.29, 0.717) is 10.9 Å². The number of pyridine rings is 1. The van der Waals surface area contributed by atoms with Crippen LogP contribution in [0.4, 0.5) is 0 Å². The standard InChI is InChI=1S/C16H9NO6/c18-14(19)9-6-11-8(12(15(20)21)13(9)16(22)23)5-7-3-1-2-4-10(7)17-11/h1-6H,(H,18,19)(H,20,21)(H,22,23). The summed E-state index contributed by atoms with van der Waals surface area (Å²) in [5, 5.41) is 28.6. The van der Waals surface area contributed by atoms with E-state index in [4.69, 9.17) is 0 Å². The first kappa shape index (κ1) is 14.5. The Kier molecular flexibility index (Phi) is 3.18. The van der Waals surface area contributed by atoms with Crippen molar-refractivity contribution in [2.75, 3.05) is 0 Å². The molecule has 0 aliphatic rings. The van der Waals surface area contributed by atoms with Crippen LogP contribution in [0, 0.1) is 0 Å². The maximum atomic E-state index is 11.6. The summed E-state index contributed by atoms with van der Waals surface area (Å²) in [7, 11) is 0. The summed E-state index contributed by atoms with van der Waals surface area (Å²) in [6.45, 7) is 0. The average molecular weight is 311 g/mol. The van der Waals surface area contributed by atoms with Gasteiger partial charge in [-0.15, -0.1) is 0 Å². The van der Waals surface area contributed by atoms with Crippen molar-refractivity contribution in [3.05, 3.63) is 53.1 Å². The molecule has 0 radical (unpaired) electrons. The highest BCUT2D eigenvalue weighted by Gasteiger charge is 2.27. The van der Waals surface area contributed by atoms with E-state index in [1.165, 1.54) is 6.07 Å². The van der Waals surface area contributed by atoms with E-state index >= 15 is 0 Å². The molecule has 3 aromatic rings. The van der Waals surface area contributed by atoms with E-state index in [0.717, 1.165) is 6.07 Å². The fourth-order valence-electron chi connectivity index (χ4n) is 2.53. The van der Waals surface area contributed by atoms with Crippen LogP contribution in [0.15, 0.2) is 36.4 Å². The topological polar surface area (TPSA) is 125 Å². The number of rotatable bonds is 3. The molecular weight excluding hydrogens is 302 g/mol. The lowest BCUT2D eigenvalue weighted by Gasteiger charge is -2.11. The van der Waals surface area contributed by atoms with Crippen molar-refractivity contribution in [3.63, 3.8) is 0 Å². The van der Waals surface area contributed by atoms with E-state index < -0.39 is 34.6 Å². The van der Waals surface area contributed by atoms with Gasteiger partial charge in [0, 0.05) is 10.8 Å². The number of aromatic nitrogens is 1. The fourth-order valence-corrected chi connectivity index (χ4v) is 2.53. The summed E-state index contributed by atoms with van der Waals surface area (Å²) in [5.74, 6) is -4.66. The molecule has 114 valence electrons. The van der Waals surface area contributed by atoms with Gasteiger partial charge in [0.25, 0.3) is 0 Å². The minimum absolute atomic E-state index is 0.0820. The van der Waals surface area contributed by atoms with Crippen molar-refractivity contribution in [1.29, 1.82) is 0 Å². The molecule has 0 aliphatic carbocycles. The van der Waals surface area contributed by atoms with Crippen molar-refractivity contribution in [2.45, 2.75) is 0 Å². The smallest absolute Gasteiger partial charge is 0.337 e. The molecule has 0 saturated heterocycles. The quantitative estimate of drug-likeness (QED) is 0.634. The number of fused-ring (bicyclic) bond motifs is 2. The van der Waals surface area contributed by atoms with Crippen molar-refractivity contribution in [2.24, 2.45) is 0 Å². The van der Waals surface area contributed by atoms with Crippen LogP contribution in [-0.4, -0.2) is 38.2 Å². The van der Waals surface area contributed by atoms with E-state index in [1.807, 2.05) is 0 Å². The van der Waals surface area contributed by atoms with Crippen LogP contribution >= 0.6 is 0 Å². The number of aromatic carboxylic acids is 3. The number of carbonyl (C=O) groups is 3. The van der Waals surface area contributed by atoms with Crippen LogP contribution < -0.4 is 0 Å². The molecule has 0 fully saturated rings. The summed E-state index contributed by atoms with van der Waals surface area (Å²) < 4.78 is 0. The molecular formula is C16H9NO6. The average Bonchev–Trinajstić information content (AvgIpc) is 2.50. The first-order chi connectivity index (χ1) is 10.9. The third kappa shape index (κ3) is 2.24. The van der Waals surface area contributed by atoms with Crippen molar-refractivity contribution >= 4 is 39.7 Å². The zero-order chi connectivity index (χ0) is 16.7. The molecule has 7 nitrogen and oxygen atoms in total. The van der Waals surface area contributed by atoms with Gasteiger partial charge in [0.2, 0.25) is 0 Å². The highest BCUT2D eigenvalue weighted by atomic mass is 16.4. The molecule has 3 N–H and O–H groups in total. The van der Waals surface area contributed by atoms with E-state index in [1.54, 1.807) is 24.3 Å². The second kappa shape index (κ2) is 5.06. The predicted octanol–water partition coefficient (Wildman–Crippen LogP) is 2.48. The number of para-hydroxylation sites is 1. The Morgan fingerprint density at radius 3 is 2.04 bits per heavy atom. The molecule has 1 heterocycles. The fraction of sp³-hybridized carbons (Fsp3) is 0. The van der Waals surface area contributed by atoms with Gasteiger partial charge in [0.1, 0.15) is 0 Å². The van der Waals surface area contributed by atoms with Gasteiger partial charge in [-0.2, -0.15) is 0 Å². The van der Waals surface area contributed by atoms with Crippen molar-refractivity contribution in [1.82, 2.24) is 4.98 Å². The minimum Gasteiger partial charge on any atom is -0.478 e. The Labute approximate surface area is 128 Å². The zero-order valence-corrected chi connectivity index (χ0v) is 11.5. The summed E-state index contributed by atoms with van der Waals surface area (Å²) in [6, 6.07) is 9.46. The van der Waals surface area contributed by atoms with Crippen molar-refractivity contribution < 1.29 is 29.7 Å². The van der Waals surface area contributed by atoms with Gasteiger partial charge in [-0.05, 0) is 18.2 Å². The molecule has 2 aromatic carbocycles. The van der Waals surface area contributed by atoms with Crippen LogP contribution in [-0.2, 0) is 0 Å². The van der Waals surface area contributed by atoms with E-state index in [-0.39, 0.29) is 10.9 Å². The van der Waals surface area contributed by atoms with Crippen LogP contribution in [0.2, 0.25) is 0 Å². The normalized spacial score (nSPS) is 10.8. The maximum Gasteiger partial charge on any atom is 0.337 e. The minimum atomic E-state index is -1.62. The lowest BCUT2D eigenvalue weighted by molar-refractivity contribution is 0.0634. The summed E-state index contributed by atoms with van der Waals surface area (Å²) in [5.41, 5.74) is -1.27. The molecule has 7 heteroatoms. The lowest BCUT2D eigenvalue weighted by Crippen LogP contribution is -2.15. The lowest BCUT2D eigenvalue weighted by atomic mass is 9.95. The van der Waals surface area contributed by atoms with Gasteiger partial charge < -0.3 is 15.3 Å². The van der Waals surface area contributed by atoms with Crippen LogP contribution in [0.5, 0.6) is 0 Å². The Bertz CT molecular complexity index is 1010. The van der Waals surface area contributed by atoms with Gasteiger partial charge in [-0.3, -0.25) is 0 Å². The van der Waals surface area contributed by atoms with Crippen LogP contribution in [0.1, 0.15) is 31.1 Å². The highest BCUT2D eigenvalue weighted by Crippen LogP contribution is 2.28. The number of carboxylic acids is 3. The van der Waals surface area contributed by atoms with Gasteiger partial charge in [-0.1, -0.05) is 18.2 Å². The molecule has 0 unspecified atom stereocenters. The third-order valence-corrected chi connectivity index (χ3v) is 3.48. The first-order valence-corrected chi connectivity index (χ1v) is 6.46. The molecule has 0 aliphatic heterocycles. The molecule has 3 rings (SSSR count). The first-order valence-electron chi connectivity index (χ1n) is 6.46. The van der Waals surface area contributed by atoms with E-state index in [9.17, 15) is 29.7 Å².